The highest BCUT2D eigenvalue weighted by atomic mass is 19.1. The summed E-state index contributed by atoms with van der Waals surface area (Å²) in [6, 6.07) is 5.31. The molecule has 130 valence electrons. The van der Waals surface area contributed by atoms with Gasteiger partial charge in [0.05, 0.1) is 5.39 Å². The first-order valence-corrected chi connectivity index (χ1v) is 8.01. The summed E-state index contributed by atoms with van der Waals surface area (Å²) < 4.78 is 15.7. The van der Waals surface area contributed by atoms with Crippen molar-refractivity contribution in [1.82, 2.24) is 14.5 Å². The van der Waals surface area contributed by atoms with E-state index in [1.165, 1.54) is 23.9 Å². The molecule has 0 bridgehead atoms. The molecule has 0 aliphatic heterocycles. The van der Waals surface area contributed by atoms with Crippen molar-refractivity contribution in [3.8, 4) is 0 Å². The third-order valence-corrected chi connectivity index (χ3v) is 3.71. The lowest BCUT2D eigenvalue weighted by atomic mass is 10.2. The maximum atomic E-state index is 14.5. The summed E-state index contributed by atoms with van der Waals surface area (Å²) >= 11 is 0. The van der Waals surface area contributed by atoms with Crippen LogP contribution in [0.5, 0.6) is 0 Å². The van der Waals surface area contributed by atoms with E-state index >= 15 is 0 Å². The molecule has 3 aromatic heterocycles. The third kappa shape index (κ3) is 3.45. The van der Waals surface area contributed by atoms with Gasteiger partial charge in [0, 0.05) is 30.9 Å². The van der Waals surface area contributed by atoms with Gasteiger partial charge in [-0.15, -0.1) is 0 Å². The SMILES string of the molecule is Cc1ccnc(Nc2cc3c(F)cn(C)c(=O)c3c(NC(C)C)n2)c1. The number of rotatable bonds is 4. The fraction of sp³-hybridized carbons (Fsp3) is 0.278. The van der Waals surface area contributed by atoms with E-state index in [1.54, 1.807) is 6.20 Å². The first kappa shape index (κ1) is 16.9. The quantitative estimate of drug-likeness (QED) is 0.761. The van der Waals surface area contributed by atoms with Crippen LogP contribution in [0.3, 0.4) is 0 Å². The zero-order valence-electron chi connectivity index (χ0n) is 14.6. The van der Waals surface area contributed by atoms with Crippen molar-refractivity contribution >= 4 is 28.2 Å². The Hall–Kier alpha value is -2.96. The molecule has 0 atom stereocenters. The average Bonchev–Trinajstić information content (AvgIpc) is 2.52. The van der Waals surface area contributed by atoms with Gasteiger partial charge >= 0.3 is 0 Å². The van der Waals surface area contributed by atoms with Gasteiger partial charge in [-0.25, -0.2) is 14.4 Å². The Balaban J connectivity index is 2.19. The molecular weight excluding hydrogens is 321 g/mol. The Morgan fingerprint density at radius 1 is 1.24 bits per heavy atom. The standard InChI is InChI=1S/C18H20FN5O/c1-10(2)21-17-16-12(13(19)9-24(4)18(16)25)8-15(23-17)22-14-7-11(3)5-6-20-14/h5-10H,1-4H3,(H2,20,21,22,23). The van der Waals surface area contributed by atoms with E-state index < -0.39 is 5.82 Å². The number of halogens is 1. The first-order chi connectivity index (χ1) is 11.8. The van der Waals surface area contributed by atoms with Crippen molar-refractivity contribution in [2.45, 2.75) is 26.8 Å². The van der Waals surface area contributed by atoms with Crippen LogP contribution in [0, 0.1) is 12.7 Å². The molecular formula is C18H20FN5O. The van der Waals surface area contributed by atoms with E-state index in [2.05, 4.69) is 20.6 Å². The van der Waals surface area contributed by atoms with Crippen LogP contribution in [-0.4, -0.2) is 20.6 Å². The second kappa shape index (κ2) is 6.51. The highest BCUT2D eigenvalue weighted by molar-refractivity contribution is 5.94. The Bertz CT molecular complexity index is 997. The third-order valence-electron chi connectivity index (χ3n) is 3.71. The Labute approximate surface area is 144 Å². The molecule has 6 nitrogen and oxygen atoms in total. The number of hydrogen-bond acceptors (Lipinski definition) is 5. The summed E-state index contributed by atoms with van der Waals surface area (Å²) in [5.74, 6) is 0.891. The van der Waals surface area contributed by atoms with E-state index in [0.717, 1.165) is 5.56 Å². The Morgan fingerprint density at radius 3 is 2.68 bits per heavy atom. The highest BCUT2D eigenvalue weighted by Gasteiger charge is 2.15. The lowest BCUT2D eigenvalue weighted by molar-refractivity contribution is 0.618. The summed E-state index contributed by atoms with van der Waals surface area (Å²) in [7, 11) is 1.52. The van der Waals surface area contributed by atoms with Gasteiger partial charge in [-0.3, -0.25) is 4.79 Å². The van der Waals surface area contributed by atoms with Gasteiger partial charge < -0.3 is 15.2 Å². The van der Waals surface area contributed by atoms with E-state index in [1.807, 2.05) is 32.9 Å². The number of pyridine rings is 3. The normalized spacial score (nSPS) is 11.1. The van der Waals surface area contributed by atoms with Gasteiger partial charge in [0.2, 0.25) is 0 Å². The molecule has 25 heavy (non-hydrogen) atoms. The van der Waals surface area contributed by atoms with E-state index in [4.69, 9.17) is 0 Å². The van der Waals surface area contributed by atoms with Gasteiger partial charge in [0.1, 0.15) is 23.3 Å². The molecule has 0 saturated heterocycles. The van der Waals surface area contributed by atoms with Crippen molar-refractivity contribution in [2.75, 3.05) is 10.6 Å². The minimum atomic E-state index is -0.480. The van der Waals surface area contributed by atoms with Gasteiger partial charge in [-0.05, 0) is 44.5 Å². The first-order valence-electron chi connectivity index (χ1n) is 8.01. The molecule has 0 radical (unpaired) electrons. The largest absolute Gasteiger partial charge is 0.367 e. The number of fused-ring (bicyclic) bond motifs is 1. The minimum absolute atomic E-state index is 0.0380. The monoisotopic (exact) mass is 341 g/mol. The Kier molecular flexibility index (Phi) is 4.39. The second-order valence-corrected chi connectivity index (χ2v) is 6.31. The van der Waals surface area contributed by atoms with Crippen LogP contribution in [-0.2, 0) is 7.05 Å². The van der Waals surface area contributed by atoms with Crippen molar-refractivity contribution in [1.29, 1.82) is 0 Å². The van der Waals surface area contributed by atoms with Crippen molar-refractivity contribution in [3.05, 3.63) is 52.3 Å². The summed E-state index contributed by atoms with van der Waals surface area (Å²) in [6.07, 6.45) is 2.86. The van der Waals surface area contributed by atoms with Crippen LogP contribution in [0.4, 0.5) is 21.8 Å². The van der Waals surface area contributed by atoms with Gasteiger partial charge in [0.15, 0.2) is 0 Å². The molecule has 0 aromatic carbocycles. The van der Waals surface area contributed by atoms with E-state index in [0.29, 0.717) is 17.5 Å². The molecule has 3 aromatic rings. The van der Waals surface area contributed by atoms with Crippen molar-refractivity contribution < 1.29 is 4.39 Å². The number of nitrogens with zero attached hydrogens (tertiary/aromatic N) is 3. The van der Waals surface area contributed by atoms with Crippen LogP contribution in [0.25, 0.3) is 10.8 Å². The van der Waals surface area contributed by atoms with E-state index in [9.17, 15) is 9.18 Å². The zero-order chi connectivity index (χ0) is 18.1. The van der Waals surface area contributed by atoms with Crippen LogP contribution >= 0.6 is 0 Å². The average molecular weight is 341 g/mol. The number of hydrogen-bond donors (Lipinski definition) is 2. The summed E-state index contributed by atoms with van der Waals surface area (Å²) in [5, 5.41) is 6.66. The Morgan fingerprint density at radius 2 is 2.00 bits per heavy atom. The fourth-order valence-electron chi connectivity index (χ4n) is 2.60. The topological polar surface area (TPSA) is 71.8 Å². The number of aryl methyl sites for hydroxylation is 2. The van der Waals surface area contributed by atoms with Gasteiger partial charge in [0.25, 0.3) is 5.56 Å². The molecule has 3 rings (SSSR count). The van der Waals surface area contributed by atoms with Crippen LogP contribution < -0.4 is 16.2 Å². The molecule has 0 saturated carbocycles. The summed E-state index contributed by atoms with van der Waals surface area (Å²) in [4.78, 5) is 21.2. The zero-order valence-corrected chi connectivity index (χ0v) is 14.6. The molecule has 0 amide bonds. The molecule has 0 unspecified atom stereocenters. The predicted octanol–water partition coefficient (Wildman–Crippen LogP) is 3.34. The molecule has 0 fully saturated rings. The molecule has 3 heterocycles. The number of aromatic nitrogens is 3. The molecule has 0 aliphatic rings. The fourth-order valence-corrected chi connectivity index (χ4v) is 2.60. The molecule has 0 spiro atoms. The summed E-state index contributed by atoms with van der Waals surface area (Å²) in [6.45, 7) is 5.81. The predicted molar refractivity (Wildman–Crippen MR) is 98.0 cm³/mol. The smallest absolute Gasteiger partial charge is 0.262 e. The van der Waals surface area contributed by atoms with E-state index in [-0.39, 0.29) is 22.4 Å². The maximum Gasteiger partial charge on any atom is 0.262 e. The van der Waals surface area contributed by atoms with Crippen LogP contribution in [0.15, 0.2) is 35.4 Å². The number of nitrogens with one attached hydrogen (secondary N) is 2. The molecule has 7 heteroatoms. The number of anilines is 3. The van der Waals surface area contributed by atoms with Crippen LogP contribution in [0.2, 0.25) is 0 Å². The highest BCUT2D eigenvalue weighted by Crippen LogP contribution is 2.26. The molecule has 0 aliphatic carbocycles. The van der Waals surface area contributed by atoms with Gasteiger partial charge in [-0.1, -0.05) is 0 Å². The van der Waals surface area contributed by atoms with Gasteiger partial charge in [-0.2, -0.15) is 0 Å². The molecule has 2 N–H and O–H groups in total. The summed E-state index contributed by atoms with van der Waals surface area (Å²) in [5.41, 5.74) is 0.742. The van der Waals surface area contributed by atoms with Crippen molar-refractivity contribution in [3.63, 3.8) is 0 Å². The lowest BCUT2D eigenvalue weighted by Crippen LogP contribution is -2.21. The second-order valence-electron chi connectivity index (χ2n) is 6.31. The lowest BCUT2D eigenvalue weighted by Gasteiger charge is -2.15. The minimum Gasteiger partial charge on any atom is -0.367 e. The van der Waals surface area contributed by atoms with Crippen molar-refractivity contribution in [2.24, 2.45) is 7.05 Å². The maximum absolute atomic E-state index is 14.5. The van der Waals surface area contributed by atoms with Crippen LogP contribution in [0.1, 0.15) is 19.4 Å².